The van der Waals surface area contributed by atoms with Gasteiger partial charge in [-0.3, -0.25) is 0 Å². The Labute approximate surface area is 107 Å². The Morgan fingerprint density at radius 2 is 2.17 bits per heavy atom. The van der Waals surface area contributed by atoms with Gasteiger partial charge in [-0.15, -0.1) is 0 Å². The fourth-order valence-electron chi connectivity index (χ4n) is 1.57. The first kappa shape index (κ1) is 13.0. The molecule has 18 heavy (non-hydrogen) atoms. The smallest absolute Gasteiger partial charge is 0.218 e. The van der Waals surface area contributed by atoms with E-state index in [1.165, 1.54) is 0 Å². The molecule has 2 rings (SSSR count). The molecule has 1 aliphatic rings. The number of nitrogens with two attached hydrogens (primary N) is 1. The van der Waals surface area contributed by atoms with Gasteiger partial charge in [0.05, 0.1) is 6.61 Å². The number of aromatic nitrogens is 2. The quantitative estimate of drug-likeness (QED) is 0.414. The van der Waals surface area contributed by atoms with Crippen molar-refractivity contribution >= 4 is 5.82 Å². The highest BCUT2D eigenvalue weighted by molar-refractivity contribution is 5.38. The first-order chi connectivity index (χ1) is 8.83. The molecule has 1 aliphatic carbocycles. The molecule has 100 valence electrons. The lowest BCUT2D eigenvalue weighted by atomic mass is 10.4. The summed E-state index contributed by atoms with van der Waals surface area (Å²) in [6.07, 6.45) is 3.31. The zero-order valence-electron chi connectivity index (χ0n) is 10.7. The number of hydrogen-bond donors (Lipinski definition) is 2. The van der Waals surface area contributed by atoms with E-state index in [0.29, 0.717) is 30.8 Å². The third-order valence-electron chi connectivity index (χ3n) is 2.64. The van der Waals surface area contributed by atoms with Crippen LogP contribution < -0.4 is 16.0 Å². The summed E-state index contributed by atoms with van der Waals surface area (Å²) in [5.41, 5.74) is 2.54. The largest absolute Gasteiger partial charge is 0.475 e. The van der Waals surface area contributed by atoms with Crippen LogP contribution in [0.1, 0.15) is 37.9 Å². The monoisotopic (exact) mass is 252 g/mol. The van der Waals surface area contributed by atoms with Gasteiger partial charge < -0.3 is 14.9 Å². The molecule has 6 heteroatoms. The molecule has 0 saturated heterocycles. The number of nitrogens with one attached hydrogen (secondary N) is 1. The second-order valence-electron chi connectivity index (χ2n) is 4.33. The van der Waals surface area contributed by atoms with Gasteiger partial charge in [-0.2, -0.15) is 4.98 Å². The lowest BCUT2D eigenvalue weighted by molar-refractivity contribution is 0.0989. The Bertz CT molecular complexity index is 382. The van der Waals surface area contributed by atoms with E-state index < -0.39 is 0 Å². The van der Waals surface area contributed by atoms with E-state index in [1.54, 1.807) is 6.07 Å². The second-order valence-corrected chi connectivity index (χ2v) is 4.33. The van der Waals surface area contributed by atoms with Gasteiger partial charge in [-0.1, -0.05) is 6.92 Å². The van der Waals surface area contributed by atoms with E-state index in [-0.39, 0.29) is 0 Å². The topological polar surface area (TPSA) is 82.3 Å². The van der Waals surface area contributed by atoms with Crippen molar-refractivity contribution in [2.75, 3.05) is 25.2 Å². The standard InChI is InChI=1S/C12H20N4O2/c1-2-5-17-6-7-18-11-8-10(16-13)14-12(15-11)9-3-4-9/h8-9H,2-7,13H2,1H3,(H,14,15,16). The summed E-state index contributed by atoms with van der Waals surface area (Å²) in [5.74, 6) is 7.82. The zero-order valence-corrected chi connectivity index (χ0v) is 10.7. The van der Waals surface area contributed by atoms with Crippen molar-refractivity contribution < 1.29 is 9.47 Å². The zero-order chi connectivity index (χ0) is 12.8. The Hall–Kier alpha value is -1.40. The molecule has 0 spiro atoms. The number of nitrogens with zero attached hydrogens (tertiary/aromatic N) is 2. The predicted molar refractivity (Wildman–Crippen MR) is 68.4 cm³/mol. The molecule has 0 bridgehead atoms. The van der Waals surface area contributed by atoms with Crippen LogP contribution in [-0.2, 0) is 4.74 Å². The van der Waals surface area contributed by atoms with Crippen molar-refractivity contribution in [3.63, 3.8) is 0 Å². The minimum atomic E-state index is 0.469. The van der Waals surface area contributed by atoms with Gasteiger partial charge in [-0.05, 0) is 19.3 Å². The molecule has 6 nitrogen and oxygen atoms in total. The Balaban J connectivity index is 1.88. The predicted octanol–water partition coefficient (Wildman–Crippen LogP) is 1.45. The van der Waals surface area contributed by atoms with Gasteiger partial charge >= 0.3 is 0 Å². The molecule has 0 unspecified atom stereocenters. The van der Waals surface area contributed by atoms with Crippen molar-refractivity contribution in [3.8, 4) is 5.88 Å². The van der Waals surface area contributed by atoms with Crippen LogP contribution >= 0.6 is 0 Å². The van der Waals surface area contributed by atoms with E-state index in [1.807, 2.05) is 0 Å². The molecule has 0 amide bonds. The van der Waals surface area contributed by atoms with Gasteiger partial charge in [0.1, 0.15) is 18.2 Å². The molecule has 0 atom stereocenters. The first-order valence-corrected chi connectivity index (χ1v) is 6.39. The van der Waals surface area contributed by atoms with Crippen LogP contribution in [0.15, 0.2) is 6.07 Å². The van der Waals surface area contributed by atoms with Crippen molar-refractivity contribution in [1.29, 1.82) is 0 Å². The highest BCUT2D eigenvalue weighted by atomic mass is 16.5. The minimum Gasteiger partial charge on any atom is -0.475 e. The van der Waals surface area contributed by atoms with Crippen LogP contribution in [0.2, 0.25) is 0 Å². The Morgan fingerprint density at radius 1 is 1.33 bits per heavy atom. The molecule has 1 aromatic rings. The molecule has 1 aromatic heterocycles. The average Bonchev–Trinajstić information content (AvgIpc) is 3.22. The number of hydrazine groups is 1. The second kappa shape index (κ2) is 6.51. The highest BCUT2D eigenvalue weighted by Crippen LogP contribution is 2.38. The van der Waals surface area contributed by atoms with E-state index in [0.717, 1.165) is 31.7 Å². The Morgan fingerprint density at radius 3 is 2.83 bits per heavy atom. The molecule has 0 aromatic carbocycles. The number of anilines is 1. The summed E-state index contributed by atoms with van der Waals surface area (Å²) >= 11 is 0. The van der Waals surface area contributed by atoms with E-state index in [4.69, 9.17) is 15.3 Å². The fourth-order valence-corrected chi connectivity index (χ4v) is 1.57. The number of nitrogen functional groups attached to an aromatic ring is 1. The van der Waals surface area contributed by atoms with Crippen LogP contribution in [0.5, 0.6) is 5.88 Å². The van der Waals surface area contributed by atoms with Gasteiger partial charge in [-0.25, -0.2) is 10.8 Å². The van der Waals surface area contributed by atoms with E-state index in [2.05, 4.69) is 22.3 Å². The van der Waals surface area contributed by atoms with Crippen LogP contribution in [0, 0.1) is 0 Å². The normalized spacial score (nSPS) is 14.6. The summed E-state index contributed by atoms with van der Waals surface area (Å²) < 4.78 is 10.9. The van der Waals surface area contributed by atoms with Gasteiger partial charge in [0.25, 0.3) is 0 Å². The average molecular weight is 252 g/mol. The number of ether oxygens (including phenoxy) is 2. The summed E-state index contributed by atoms with van der Waals surface area (Å²) in [5, 5.41) is 0. The van der Waals surface area contributed by atoms with Crippen molar-refractivity contribution in [2.45, 2.75) is 32.1 Å². The van der Waals surface area contributed by atoms with Gasteiger partial charge in [0.2, 0.25) is 5.88 Å². The third kappa shape index (κ3) is 3.82. The van der Waals surface area contributed by atoms with E-state index >= 15 is 0 Å². The first-order valence-electron chi connectivity index (χ1n) is 6.39. The maximum absolute atomic E-state index is 5.54. The maximum atomic E-state index is 5.54. The molecule has 0 radical (unpaired) electrons. The summed E-state index contributed by atoms with van der Waals surface area (Å²) in [7, 11) is 0. The minimum absolute atomic E-state index is 0.469. The number of hydrogen-bond acceptors (Lipinski definition) is 6. The number of rotatable bonds is 8. The molecule has 1 heterocycles. The highest BCUT2D eigenvalue weighted by Gasteiger charge is 2.27. The van der Waals surface area contributed by atoms with Crippen LogP contribution in [0.4, 0.5) is 5.82 Å². The van der Waals surface area contributed by atoms with Crippen LogP contribution in [0.25, 0.3) is 0 Å². The van der Waals surface area contributed by atoms with Crippen molar-refractivity contribution in [3.05, 3.63) is 11.9 Å². The van der Waals surface area contributed by atoms with E-state index in [9.17, 15) is 0 Å². The fraction of sp³-hybridized carbons (Fsp3) is 0.667. The summed E-state index contributed by atoms with van der Waals surface area (Å²) in [4.78, 5) is 8.69. The SMILES string of the molecule is CCCOCCOc1cc(NN)nc(C2CC2)n1. The summed E-state index contributed by atoms with van der Waals surface area (Å²) in [6.45, 7) is 3.90. The molecular formula is C12H20N4O2. The lowest BCUT2D eigenvalue weighted by Gasteiger charge is -2.09. The summed E-state index contributed by atoms with van der Waals surface area (Å²) in [6, 6.07) is 1.70. The van der Waals surface area contributed by atoms with Crippen LogP contribution in [-0.4, -0.2) is 29.8 Å². The molecule has 1 saturated carbocycles. The van der Waals surface area contributed by atoms with Gasteiger partial charge in [0, 0.05) is 18.6 Å². The molecule has 3 N–H and O–H groups in total. The molecule has 0 aliphatic heterocycles. The lowest BCUT2D eigenvalue weighted by Crippen LogP contribution is -2.12. The van der Waals surface area contributed by atoms with Crippen molar-refractivity contribution in [2.24, 2.45) is 5.84 Å². The van der Waals surface area contributed by atoms with Gasteiger partial charge in [0.15, 0.2) is 0 Å². The maximum Gasteiger partial charge on any atom is 0.218 e. The Kier molecular flexibility index (Phi) is 4.72. The molecular weight excluding hydrogens is 232 g/mol. The third-order valence-corrected chi connectivity index (χ3v) is 2.64. The van der Waals surface area contributed by atoms with Crippen LogP contribution in [0.3, 0.4) is 0 Å². The van der Waals surface area contributed by atoms with Crippen molar-refractivity contribution in [1.82, 2.24) is 9.97 Å². The molecule has 1 fully saturated rings.